The number of aromatic nitrogens is 2. The summed E-state index contributed by atoms with van der Waals surface area (Å²) in [6.45, 7) is 0. The maximum atomic E-state index is 11.4. The number of methoxy groups -OCH3 is 1. The molecule has 5 nitrogen and oxygen atoms in total. The van der Waals surface area contributed by atoms with Gasteiger partial charge in [-0.25, -0.2) is 4.79 Å². The summed E-state index contributed by atoms with van der Waals surface area (Å²) in [4.78, 5) is 19.7. The summed E-state index contributed by atoms with van der Waals surface area (Å²) >= 11 is 0. The van der Waals surface area contributed by atoms with E-state index in [0.29, 0.717) is 22.6 Å². The Hall–Kier alpha value is -2.43. The van der Waals surface area contributed by atoms with Gasteiger partial charge in [0.1, 0.15) is 0 Å². The van der Waals surface area contributed by atoms with Crippen LogP contribution >= 0.6 is 0 Å². The molecule has 0 bridgehead atoms. The van der Waals surface area contributed by atoms with Gasteiger partial charge in [-0.1, -0.05) is 0 Å². The maximum absolute atomic E-state index is 11.4. The van der Waals surface area contributed by atoms with Gasteiger partial charge in [-0.3, -0.25) is 9.97 Å². The fourth-order valence-electron chi connectivity index (χ4n) is 1.40. The third kappa shape index (κ3) is 2.39. The number of anilines is 1. The molecule has 0 amide bonds. The van der Waals surface area contributed by atoms with Crippen LogP contribution in [0.4, 0.5) is 5.69 Å². The number of rotatable bonds is 2. The number of esters is 1. The van der Waals surface area contributed by atoms with E-state index in [1.54, 1.807) is 30.5 Å². The van der Waals surface area contributed by atoms with Crippen molar-refractivity contribution in [1.82, 2.24) is 9.97 Å². The van der Waals surface area contributed by atoms with Crippen LogP contribution in [0.2, 0.25) is 0 Å². The highest BCUT2D eigenvalue weighted by Gasteiger charge is 2.08. The van der Waals surface area contributed by atoms with Crippen molar-refractivity contribution < 1.29 is 9.53 Å². The van der Waals surface area contributed by atoms with Crippen LogP contribution in [-0.4, -0.2) is 23.0 Å². The summed E-state index contributed by atoms with van der Waals surface area (Å²) in [5, 5.41) is 0. The minimum absolute atomic E-state index is 0.405. The first-order valence-electron chi connectivity index (χ1n) is 4.97. The Morgan fingerprint density at radius 1 is 1.18 bits per heavy atom. The van der Waals surface area contributed by atoms with Crippen molar-refractivity contribution >= 4 is 11.7 Å². The molecule has 0 aliphatic carbocycles. The van der Waals surface area contributed by atoms with Crippen molar-refractivity contribution in [2.24, 2.45) is 0 Å². The van der Waals surface area contributed by atoms with Gasteiger partial charge in [0.05, 0.1) is 24.1 Å². The topological polar surface area (TPSA) is 78.1 Å². The number of ether oxygens (including phenoxy) is 1. The van der Waals surface area contributed by atoms with Crippen LogP contribution in [0.3, 0.4) is 0 Å². The molecule has 0 saturated carbocycles. The smallest absolute Gasteiger partial charge is 0.337 e. The molecular weight excluding hydrogens is 218 g/mol. The number of hydrogen-bond acceptors (Lipinski definition) is 5. The van der Waals surface area contributed by atoms with E-state index in [-0.39, 0.29) is 0 Å². The van der Waals surface area contributed by atoms with Crippen molar-refractivity contribution in [3.05, 3.63) is 42.2 Å². The first kappa shape index (κ1) is 11.1. The van der Waals surface area contributed by atoms with Crippen LogP contribution in [0.15, 0.2) is 36.7 Å². The zero-order valence-corrected chi connectivity index (χ0v) is 9.25. The molecule has 0 spiro atoms. The van der Waals surface area contributed by atoms with E-state index in [0.717, 1.165) is 0 Å². The molecule has 2 rings (SSSR count). The van der Waals surface area contributed by atoms with Gasteiger partial charge in [-0.05, 0) is 24.3 Å². The summed E-state index contributed by atoms with van der Waals surface area (Å²) in [5.41, 5.74) is 7.89. The van der Waals surface area contributed by atoms with Gasteiger partial charge >= 0.3 is 5.97 Å². The van der Waals surface area contributed by atoms with E-state index >= 15 is 0 Å². The Morgan fingerprint density at radius 2 is 1.82 bits per heavy atom. The van der Waals surface area contributed by atoms with Crippen LogP contribution in [0.5, 0.6) is 0 Å². The van der Waals surface area contributed by atoms with Crippen molar-refractivity contribution in [1.29, 1.82) is 0 Å². The molecule has 2 aromatic rings. The van der Waals surface area contributed by atoms with Gasteiger partial charge in [0.2, 0.25) is 0 Å². The van der Waals surface area contributed by atoms with Crippen LogP contribution in [0, 0.1) is 0 Å². The summed E-state index contributed by atoms with van der Waals surface area (Å²) in [6.07, 6.45) is 3.13. The SMILES string of the molecule is COC(=O)c1ccnc(-c2cc(N)ccn2)c1. The molecule has 0 radical (unpaired) electrons. The normalized spacial score (nSPS) is 9.94. The molecule has 0 aliphatic heterocycles. The number of hydrogen-bond donors (Lipinski definition) is 1. The van der Waals surface area contributed by atoms with Crippen LogP contribution in [-0.2, 0) is 4.74 Å². The molecular formula is C12H11N3O2. The molecule has 0 aromatic carbocycles. The zero-order valence-electron chi connectivity index (χ0n) is 9.25. The number of nitrogens with zero attached hydrogens (tertiary/aromatic N) is 2. The Kier molecular flexibility index (Phi) is 3.00. The zero-order chi connectivity index (χ0) is 12.3. The van der Waals surface area contributed by atoms with Gasteiger partial charge in [-0.15, -0.1) is 0 Å². The summed E-state index contributed by atoms with van der Waals surface area (Å²) in [7, 11) is 1.33. The average Bonchev–Trinajstić information content (AvgIpc) is 2.38. The van der Waals surface area contributed by atoms with Crippen molar-refractivity contribution in [2.75, 3.05) is 12.8 Å². The number of nitrogens with two attached hydrogens (primary N) is 1. The van der Waals surface area contributed by atoms with E-state index in [1.165, 1.54) is 13.3 Å². The number of pyridine rings is 2. The highest BCUT2D eigenvalue weighted by molar-refractivity contribution is 5.90. The third-order valence-corrected chi connectivity index (χ3v) is 2.23. The molecule has 2 heterocycles. The number of nitrogen functional groups attached to an aromatic ring is 1. The molecule has 17 heavy (non-hydrogen) atoms. The summed E-state index contributed by atoms with van der Waals surface area (Å²) in [6, 6.07) is 6.59. The molecule has 0 fully saturated rings. The van der Waals surface area contributed by atoms with Gasteiger partial charge in [0.15, 0.2) is 0 Å². The second-order valence-corrected chi connectivity index (χ2v) is 3.40. The lowest BCUT2D eigenvalue weighted by molar-refractivity contribution is 0.0600. The number of carbonyl (C=O) groups excluding carboxylic acids is 1. The van der Waals surface area contributed by atoms with Gasteiger partial charge in [0.25, 0.3) is 0 Å². The predicted octanol–water partition coefficient (Wildman–Crippen LogP) is 1.51. The van der Waals surface area contributed by atoms with Crippen molar-refractivity contribution in [3.63, 3.8) is 0 Å². The fraction of sp³-hybridized carbons (Fsp3) is 0.0833. The van der Waals surface area contributed by atoms with Crippen molar-refractivity contribution in [3.8, 4) is 11.4 Å². The quantitative estimate of drug-likeness (QED) is 0.790. The Bertz CT molecular complexity index is 555. The molecule has 0 aliphatic rings. The van der Waals surface area contributed by atoms with E-state index in [2.05, 4.69) is 14.7 Å². The van der Waals surface area contributed by atoms with Crippen molar-refractivity contribution in [2.45, 2.75) is 0 Å². The lowest BCUT2D eigenvalue weighted by Gasteiger charge is -2.03. The Balaban J connectivity index is 2.43. The fourth-order valence-corrected chi connectivity index (χ4v) is 1.40. The molecule has 86 valence electrons. The lowest BCUT2D eigenvalue weighted by Crippen LogP contribution is -2.02. The largest absolute Gasteiger partial charge is 0.465 e. The first-order chi connectivity index (χ1) is 8.20. The minimum Gasteiger partial charge on any atom is -0.465 e. The molecule has 2 aromatic heterocycles. The van der Waals surface area contributed by atoms with E-state index in [9.17, 15) is 4.79 Å². The standard InChI is InChI=1S/C12H11N3O2/c1-17-12(16)8-2-4-14-10(6-8)11-7-9(13)3-5-15-11/h2-7H,1H3,(H2,13,15). The van der Waals surface area contributed by atoms with Gasteiger partial charge in [-0.2, -0.15) is 0 Å². The predicted molar refractivity (Wildman–Crippen MR) is 63.2 cm³/mol. The third-order valence-electron chi connectivity index (χ3n) is 2.23. The van der Waals surface area contributed by atoms with Gasteiger partial charge in [0, 0.05) is 18.1 Å². The van der Waals surface area contributed by atoms with E-state index < -0.39 is 5.97 Å². The molecule has 0 atom stereocenters. The van der Waals surface area contributed by atoms with E-state index in [4.69, 9.17) is 5.73 Å². The second-order valence-electron chi connectivity index (χ2n) is 3.40. The highest BCUT2D eigenvalue weighted by atomic mass is 16.5. The lowest BCUT2D eigenvalue weighted by atomic mass is 10.2. The summed E-state index contributed by atoms with van der Waals surface area (Å²) in [5.74, 6) is -0.405. The highest BCUT2D eigenvalue weighted by Crippen LogP contribution is 2.17. The van der Waals surface area contributed by atoms with E-state index in [1.807, 2.05) is 0 Å². The monoisotopic (exact) mass is 229 g/mol. The molecule has 0 saturated heterocycles. The molecule has 5 heteroatoms. The van der Waals surface area contributed by atoms with Gasteiger partial charge < -0.3 is 10.5 Å². The van der Waals surface area contributed by atoms with Crippen LogP contribution in [0.1, 0.15) is 10.4 Å². The average molecular weight is 229 g/mol. The number of carbonyl (C=O) groups is 1. The Labute approximate surface area is 98.3 Å². The first-order valence-corrected chi connectivity index (χ1v) is 4.97. The minimum atomic E-state index is -0.405. The molecule has 2 N–H and O–H groups in total. The molecule has 0 unspecified atom stereocenters. The van der Waals surface area contributed by atoms with Crippen LogP contribution < -0.4 is 5.73 Å². The maximum Gasteiger partial charge on any atom is 0.337 e. The Morgan fingerprint density at radius 3 is 2.47 bits per heavy atom. The second kappa shape index (κ2) is 4.61. The van der Waals surface area contributed by atoms with Crippen LogP contribution in [0.25, 0.3) is 11.4 Å². The summed E-state index contributed by atoms with van der Waals surface area (Å²) < 4.78 is 4.64.